The number of carbonyl (C=O) groups is 1. The van der Waals surface area contributed by atoms with Gasteiger partial charge in [-0.15, -0.1) is 0 Å². The highest BCUT2D eigenvalue weighted by Crippen LogP contribution is 2.22. The van der Waals surface area contributed by atoms with E-state index < -0.39 is 6.43 Å². The molecule has 1 atom stereocenters. The Bertz CT molecular complexity index is 765. The zero-order valence-corrected chi connectivity index (χ0v) is 12.4. The van der Waals surface area contributed by atoms with Crippen molar-refractivity contribution in [2.75, 3.05) is 19.6 Å². The monoisotopic (exact) mass is 318 g/mol. The van der Waals surface area contributed by atoms with Gasteiger partial charge in [-0.1, -0.05) is 6.07 Å². The van der Waals surface area contributed by atoms with Gasteiger partial charge in [0.1, 0.15) is 0 Å². The number of nitrogens with one attached hydrogen (secondary N) is 2. The van der Waals surface area contributed by atoms with Crippen LogP contribution >= 0.6 is 0 Å². The maximum atomic E-state index is 12.5. The molecule has 0 saturated carbocycles. The molecule has 1 aromatic carbocycles. The number of alkyl halides is 2. The van der Waals surface area contributed by atoms with Crippen molar-refractivity contribution in [3.05, 3.63) is 35.5 Å². The van der Waals surface area contributed by atoms with Crippen molar-refractivity contribution in [1.29, 1.82) is 5.26 Å². The van der Waals surface area contributed by atoms with Gasteiger partial charge >= 0.3 is 0 Å². The third-order valence-corrected chi connectivity index (χ3v) is 4.07. The number of halogens is 2. The van der Waals surface area contributed by atoms with Crippen molar-refractivity contribution in [3.8, 4) is 6.07 Å². The molecule has 7 heteroatoms. The molecule has 2 N–H and O–H groups in total. The summed E-state index contributed by atoms with van der Waals surface area (Å²) >= 11 is 0. The molecule has 23 heavy (non-hydrogen) atoms. The van der Waals surface area contributed by atoms with E-state index in [1.165, 1.54) is 0 Å². The highest BCUT2D eigenvalue weighted by Gasteiger charge is 2.26. The number of nitrogens with zero attached hydrogens (tertiary/aromatic N) is 2. The fourth-order valence-electron chi connectivity index (χ4n) is 3.03. The average Bonchev–Trinajstić information content (AvgIpc) is 3.13. The first kappa shape index (κ1) is 15.4. The standard InChI is InChI=1S/C16H16F2N4O/c17-14(18)9-22-5-4-11(8-22)21-16(23)12-7-20-13-3-1-2-10(6-19)15(12)13/h1-3,7,11,14,20H,4-5,8-9H2,(H,21,23). The minimum absolute atomic E-state index is 0.152. The second-order valence-electron chi connectivity index (χ2n) is 5.65. The van der Waals surface area contributed by atoms with Crippen molar-refractivity contribution >= 4 is 16.8 Å². The molecular formula is C16H16F2N4O. The minimum atomic E-state index is -2.36. The number of benzene rings is 1. The Balaban J connectivity index is 1.74. The van der Waals surface area contributed by atoms with E-state index >= 15 is 0 Å². The molecule has 120 valence electrons. The van der Waals surface area contributed by atoms with E-state index in [4.69, 9.17) is 0 Å². The summed E-state index contributed by atoms with van der Waals surface area (Å²) in [5, 5.41) is 12.7. The maximum Gasteiger partial charge on any atom is 0.253 e. The van der Waals surface area contributed by atoms with E-state index in [0.717, 1.165) is 5.52 Å². The Hall–Kier alpha value is -2.46. The van der Waals surface area contributed by atoms with Crippen LogP contribution in [0.15, 0.2) is 24.4 Å². The topological polar surface area (TPSA) is 71.9 Å². The molecule has 5 nitrogen and oxygen atoms in total. The predicted octanol–water partition coefficient (Wildman–Crippen LogP) is 2.11. The molecule has 1 fully saturated rings. The summed E-state index contributed by atoms with van der Waals surface area (Å²) in [7, 11) is 0. The molecule has 0 bridgehead atoms. The molecule has 0 spiro atoms. The summed E-state index contributed by atoms with van der Waals surface area (Å²) in [5.74, 6) is -0.289. The Labute approximate surface area is 131 Å². The number of likely N-dealkylation sites (tertiary alicyclic amines) is 1. The molecule has 2 aromatic rings. The smallest absolute Gasteiger partial charge is 0.253 e. The third-order valence-electron chi connectivity index (χ3n) is 4.07. The Morgan fingerprint density at radius 3 is 3.09 bits per heavy atom. The Morgan fingerprint density at radius 2 is 2.35 bits per heavy atom. The van der Waals surface area contributed by atoms with Crippen molar-refractivity contribution in [2.45, 2.75) is 18.9 Å². The molecule has 3 rings (SSSR count). The van der Waals surface area contributed by atoms with Crippen molar-refractivity contribution < 1.29 is 13.6 Å². The number of fused-ring (bicyclic) bond motifs is 1. The molecule has 1 aromatic heterocycles. The fraction of sp³-hybridized carbons (Fsp3) is 0.375. The molecule has 2 heterocycles. The van der Waals surface area contributed by atoms with Crippen LogP contribution in [-0.2, 0) is 0 Å². The zero-order chi connectivity index (χ0) is 16.4. The maximum absolute atomic E-state index is 12.5. The molecule has 1 aliphatic rings. The van der Waals surface area contributed by atoms with Gasteiger partial charge in [0, 0.05) is 36.2 Å². The van der Waals surface area contributed by atoms with Crippen LogP contribution < -0.4 is 5.32 Å². The lowest BCUT2D eigenvalue weighted by molar-refractivity contribution is 0.0919. The normalized spacial score (nSPS) is 18.4. The van der Waals surface area contributed by atoms with Crippen LogP contribution in [0.1, 0.15) is 22.3 Å². The Morgan fingerprint density at radius 1 is 1.52 bits per heavy atom. The summed E-state index contributed by atoms with van der Waals surface area (Å²) in [5.41, 5.74) is 1.56. The lowest BCUT2D eigenvalue weighted by Crippen LogP contribution is -2.37. The van der Waals surface area contributed by atoms with Gasteiger partial charge in [0.2, 0.25) is 0 Å². The van der Waals surface area contributed by atoms with Crippen LogP contribution in [0, 0.1) is 11.3 Å². The summed E-state index contributed by atoms with van der Waals surface area (Å²) in [6.07, 6.45) is -0.144. The van der Waals surface area contributed by atoms with E-state index in [2.05, 4.69) is 16.4 Å². The number of rotatable bonds is 4. The Kier molecular flexibility index (Phi) is 4.26. The summed E-state index contributed by atoms with van der Waals surface area (Å²) in [6.45, 7) is 0.703. The fourth-order valence-corrected chi connectivity index (χ4v) is 3.03. The first-order valence-electron chi connectivity index (χ1n) is 7.40. The van der Waals surface area contributed by atoms with E-state index in [0.29, 0.717) is 36.0 Å². The number of carbonyl (C=O) groups excluding carboxylic acids is 1. The molecule has 1 amide bonds. The largest absolute Gasteiger partial charge is 0.360 e. The van der Waals surface area contributed by atoms with Gasteiger partial charge in [0.25, 0.3) is 12.3 Å². The molecular weight excluding hydrogens is 302 g/mol. The molecule has 1 aliphatic heterocycles. The van der Waals surface area contributed by atoms with E-state index in [9.17, 15) is 18.8 Å². The van der Waals surface area contributed by atoms with Gasteiger partial charge < -0.3 is 10.3 Å². The van der Waals surface area contributed by atoms with Crippen LogP contribution in [-0.4, -0.2) is 47.9 Å². The number of nitriles is 1. The first-order chi connectivity index (χ1) is 11.1. The number of amides is 1. The lowest BCUT2D eigenvalue weighted by atomic mass is 10.1. The van der Waals surface area contributed by atoms with Gasteiger partial charge in [-0.05, 0) is 18.6 Å². The van der Waals surface area contributed by atoms with Crippen LogP contribution in [0.2, 0.25) is 0 Å². The summed E-state index contributed by atoms with van der Waals surface area (Å²) < 4.78 is 24.8. The van der Waals surface area contributed by atoms with Crippen LogP contribution in [0.25, 0.3) is 10.9 Å². The second-order valence-corrected chi connectivity index (χ2v) is 5.65. The van der Waals surface area contributed by atoms with Gasteiger partial charge in [-0.25, -0.2) is 8.78 Å². The molecule has 1 saturated heterocycles. The minimum Gasteiger partial charge on any atom is -0.360 e. The van der Waals surface area contributed by atoms with Crippen LogP contribution in [0.5, 0.6) is 0 Å². The average molecular weight is 318 g/mol. The SMILES string of the molecule is N#Cc1cccc2[nH]cc(C(=O)NC3CCN(CC(F)F)C3)c12. The predicted molar refractivity (Wildman–Crippen MR) is 81.3 cm³/mol. The summed E-state index contributed by atoms with van der Waals surface area (Å²) in [6, 6.07) is 7.14. The number of hydrogen-bond acceptors (Lipinski definition) is 3. The van der Waals surface area contributed by atoms with Gasteiger partial charge in [0.15, 0.2) is 0 Å². The molecule has 0 aliphatic carbocycles. The number of H-pyrrole nitrogens is 1. The molecule has 1 unspecified atom stereocenters. The quantitative estimate of drug-likeness (QED) is 0.907. The van der Waals surface area contributed by atoms with Gasteiger partial charge in [-0.3, -0.25) is 9.69 Å². The van der Waals surface area contributed by atoms with Crippen LogP contribution in [0.3, 0.4) is 0 Å². The number of aromatic nitrogens is 1. The van der Waals surface area contributed by atoms with E-state index in [1.807, 2.05) is 0 Å². The number of aromatic amines is 1. The van der Waals surface area contributed by atoms with E-state index in [1.54, 1.807) is 29.3 Å². The van der Waals surface area contributed by atoms with Gasteiger partial charge in [0.05, 0.1) is 23.7 Å². The van der Waals surface area contributed by atoms with Crippen molar-refractivity contribution in [2.24, 2.45) is 0 Å². The first-order valence-corrected chi connectivity index (χ1v) is 7.40. The van der Waals surface area contributed by atoms with Crippen molar-refractivity contribution in [1.82, 2.24) is 15.2 Å². The molecule has 0 radical (unpaired) electrons. The lowest BCUT2D eigenvalue weighted by Gasteiger charge is -2.16. The zero-order valence-electron chi connectivity index (χ0n) is 12.4. The third kappa shape index (κ3) is 3.17. The highest BCUT2D eigenvalue weighted by molar-refractivity contribution is 6.08. The number of hydrogen-bond donors (Lipinski definition) is 2. The summed E-state index contributed by atoms with van der Waals surface area (Å²) in [4.78, 5) is 17.1. The van der Waals surface area contributed by atoms with E-state index in [-0.39, 0.29) is 18.5 Å². The van der Waals surface area contributed by atoms with Crippen LogP contribution in [0.4, 0.5) is 8.78 Å². The second kappa shape index (κ2) is 6.34. The highest BCUT2D eigenvalue weighted by atomic mass is 19.3. The van der Waals surface area contributed by atoms with Crippen molar-refractivity contribution in [3.63, 3.8) is 0 Å². The van der Waals surface area contributed by atoms with Gasteiger partial charge in [-0.2, -0.15) is 5.26 Å².